The predicted octanol–water partition coefficient (Wildman–Crippen LogP) is 2.03. The number of hydrogen-bond donors (Lipinski definition) is 2. The molecule has 0 bridgehead atoms. The number of nitrogens with zero attached hydrogens (tertiary/aromatic N) is 2. The Balaban J connectivity index is 0.000000234. The van der Waals surface area contributed by atoms with E-state index in [4.69, 9.17) is 34.0 Å². The van der Waals surface area contributed by atoms with Crippen molar-refractivity contribution in [3.05, 3.63) is 156 Å². The van der Waals surface area contributed by atoms with Gasteiger partial charge in [0.05, 0.1) is 19.5 Å². The summed E-state index contributed by atoms with van der Waals surface area (Å²) in [5, 5.41) is 38.4. The minimum Gasteiger partial charge on any atom is -0.871 e. The largest absolute Gasteiger partial charge is 0.871 e. The molecular formula is C38H45BN2O9. The highest BCUT2D eigenvalue weighted by Crippen LogP contribution is 2.42. The van der Waals surface area contributed by atoms with E-state index in [1.54, 1.807) is 36.7 Å². The van der Waals surface area contributed by atoms with E-state index in [2.05, 4.69) is 36.4 Å². The molecule has 12 heteroatoms. The molecule has 11 nitrogen and oxygen atoms in total. The van der Waals surface area contributed by atoms with Crippen molar-refractivity contribution in [2.24, 2.45) is 0 Å². The van der Waals surface area contributed by atoms with Gasteiger partial charge in [0.25, 0.3) is 0 Å². The second kappa shape index (κ2) is 22.6. The quantitative estimate of drug-likeness (QED) is 0.0526. The number of hydrogen-bond acceptors (Lipinski definition) is 9. The summed E-state index contributed by atoms with van der Waals surface area (Å²) < 4.78 is 17.4. The third-order valence-corrected chi connectivity index (χ3v) is 7.29. The Labute approximate surface area is 294 Å². The third kappa shape index (κ3) is 12.2. The van der Waals surface area contributed by atoms with Crippen LogP contribution in [0.4, 0.5) is 0 Å². The van der Waals surface area contributed by atoms with Crippen LogP contribution in [0.2, 0.25) is 0 Å². The Bertz CT molecular complexity index is 1400. The van der Waals surface area contributed by atoms with Crippen LogP contribution in [0.25, 0.3) is 0 Å². The average Bonchev–Trinajstić information content (AvgIpc) is 3.15. The van der Waals surface area contributed by atoms with Crippen molar-refractivity contribution in [2.45, 2.75) is 32.1 Å². The SMILES string of the molecule is CCO[n+]1ccccc1OCO.CCO[n+]1ccccc1OCO.[O-]B([O-])OCCCC(c1ccccc1)(c1ccccc1)c1ccccc1. The molecule has 0 atom stereocenters. The van der Waals surface area contributed by atoms with Gasteiger partial charge < -0.3 is 34.4 Å². The molecule has 0 spiro atoms. The topological polar surface area (TPSA) is 140 Å². The van der Waals surface area contributed by atoms with E-state index >= 15 is 0 Å². The monoisotopic (exact) mass is 684 g/mol. The molecule has 2 aromatic heterocycles. The molecule has 0 aliphatic rings. The Hall–Kier alpha value is -4.98. The lowest BCUT2D eigenvalue weighted by Crippen LogP contribution is -2.48. The lowest BCUT2D eigenvalue weighted by atomic mass is 9.67. The van der Waals surface area contributed by atoms with Crippen LogP contribution in [0.3, 0.4) is 0 Å². The standard InChI is InChI=1S/C22H21BO3.2C8H12NO3/c24-23(25)26-18-10-17-22(19-11-4-1-5-12-19,20-13-6-2-7-14-20)21-15-8-3-9-16-21;2*1-2-12-9-6-4-3-5-8(9)11-7-10/h1-9,11-16H,10,17-18H2;2*3-6,10H,2,7H2,1H3/q-2;2*+1. The van der Waals surface area contributed by atoms with E-state index < -0.39 is 7.32 Å². The van der Waals surface area contributed by atoms with E-state index in [0.29, 0.717) is 31.4 Å². The van der Waals surface area contributed by atoms with Crippen molar-refractivity contribution in [3.63, 3.8) is 0 Å². The van der Waals surface area contributed by atoms with Crippen LogP contribution in [0, 0.1) is 0 Å². The van der Waals surface area contributed by atoms with E-state index in [1.807, 2.05) is 80.6 Å². The first-order valence-electron chi connectivity index (χ1n) is 16.3. The lowest BCUT2D eigenvalue weighted by molar-refractivity contribution is -0.892. The number of pyridine rings is 2. The zero-order valence-electron chi connectivity index (χ0n) is 28.5. The molecule has 0 amide bonds. The van der Waals surface area contributed by atoms with Gasteiger partial charge >= 0.3 is 11.8 Å². The first-order chi connectivity index (χ1) is 24.5. The smallest absolute Gasteiger partial charge is 0.418 e. The molecule has 2 N–H and O–H groups in total. The molecule has 0 aliphatic carbocycles. The molecule has 2 heterocycles. The zero-order valence-corrected chi connectivity index (χ0v) is 28.5. The molecule has 5 rings (SSSR count). The summed E-state index contributed by atoms with van der Waals surface area (Å²) in [6.45, 7) is 4.32. The van der Waals surface area contributed by atoms with Crippen LogP contribution < -0.4 is 38.7 Å². The van der Waals surface area contributed by atoms with Gasteiger partial charge in [0, 0.05) is 33.6 Å². The van der Waals surface area contributed by atoms with Gasteiger partial charge in [-0.1, -0.05) is 91.0 Å². The van der Waals surface area contributed by atoms with Crippen LogP contribution in [-0.4, -0.2) is 50.9 Å². The predicted molar refractivity (Wildman–Crippen MR) is 183 cm³/mol. The normalized spacial score (nSPS) is 10.4. The molecule has 0 aliphatic heterocycles. The van der Waals surface area contributed by atoms with Crippen LogP contribution >= 0.6 is 0 Å². The van der Waals surface area contributed by atoms with Gasteiger partial charge in [0.2, 0.25) is 12.4 Å². The van der Waals surface area contributed by atoms with Crippen molar-refractivity contribution in [2.75, 3.05) is 33.4 Å². The molecular weight excluding hydrogens is 639 g/mol. The van der Waals surface area contributed by atoms with E-state index in [9.17, 15) is 10.0 Å². The van der Waals surface area contributed by atoms with Crippen molar-refractivity contribution in [1.29, 1.82) is 0 Å². The lowest BCUT2D eigenvalue weighted by Gasteiger charge is -2.37. The van der Waals surface area contributed by atoms with Gasteiger partial charge in [0.15, 0.2) is 26.8 Å². The van der Waals surface area contributed by atoms with E-state index in [-0.39, 0.29) is 25.6 Å². The van der Waals surface area contributed by atoms with Crippen LogP contribution in [0.1, 0.15) is 43.4 Å². The first kappa shape index (κ1) is 39.5. The number of rotatable bonds is 16. The van der Waals surface area contributed by atoms with Crippen molar-refractivity contribution < 1.29 is 53.5 Å². The van der Waals surface area contributed by atoms with Crippen LogP contribution in [0.15, 0.2) is 140 Å². The Kier molecular flexibility index (Phi) is 17.9. The molecule has 0 radical (unpaired) electrons. The highest BCUT2D eigenvalue weighted by atomic mass is 16.7. The third-order valence-electron chi connectivity index (χ3n) is 7.29. The summed E-state index contributed by atoms with van der Waals surface area (Å²) in [5.74, 6) is 0.976. The summed E-state index contributed by atoms with van der Waals surface area (Å²) in [7, 11) is -2.23. The van der Waals surface area contributed by atoms with Crippen LogP contribution in [-0.2, 0) is 10.1 Å². The Morgan fingerprint density at radius 2 is 0.960 bits per heavy atom. The maximum atomic E-state index is 10.7. The highest BCUT2D eigenvalue weighted by Gasteiger charge is 2.35. The maximum absolute atomic E-state index is 10.7. The minimum atomic E-state index is -2.23. The number of benzene rings is 3. The summed E-state index contributed by atoms with van der Waals surface area (Å²) >= 11 is 0. The second-order valence-corrected chi connectivity index (χ2v) is 10.4. The molecule has 0 unspecified atom stereocenters. The zero-order chi connectivity index (χ0) is 35.9. The summed E-state index contributed by atoms with van der Waals surface area (Å²) in [6.07, 6.45) is 4.78. The second-order valence-electron chi connectivity index (χ2n) is 10.4. The molecule has 264 valence electrons. The van der Waals surface area contributed by atoms with Gasteiger partial charge in [0.1, 0.15) is 0 Å². The van der Waals surface area contributed by atoms with Gasteiger partial charge in [-0.05, 0) is 55.5 Å². The van der Waals surface area contributed by atoms with Gasteiger partial charge in [-0.3, -0.25) is 9.68 Å². The number of aromatic nitrogens is 2. The van der Waals surface area contributed by atoms with E-state index in [1.165, 1.54) is 26.2 Å². The maximum Gasteiger partial charge on any atom is 0.418 e. The summed E-state index contributed by atoms with van der Waals surface area (Å²) in [5.41, 5.74) is 3.17. The Morgan fingerprint density at radius 3 is 1.30 bits per heavy atom. The van der Waals surface area contributed by atoms with Gasteiger partial charge in [-0.15, -0.1) is 0 Å². The molecule has 0 saturated heterocycles. The number of ether oxygens (including phenoxy) is 2. The number of aliphatic hydroxyl groups is 2. The fourth-order valence-electron chi connectivity index (χ4n) is 5.29. The molecule has 50 heavy (non-hydrogen) atoms. The fraction of sp³-hybridized carbons (Fsp3) is 0.263. The molecule has 5 aromatic rings. The Morgan fingerprint density at radius 1 is 0.580 bits per heavy atom. The summed E-state index contributed by atoms with van der Waals surface area (Å²) in [4.78, 5) is 10.3. The number of aliphatic hydroxyl groups excluding tert-OH is 2. The molecule has 0 fully saturated rings. The fourth-order valence-corrected chi connectivity index (χ4v) is 5.29. The van der Waals surface area contributed by atoms with Gasteiger partial charge in [-0.2, -0.15) is 0 Å². The van der Waals surface area contributed by atoms with E-state index in [0.717, 1.165) is 6.42 Å². The van der Waals surface area contributed by atoms with Crippen molar-refractivity contribution in [3.8, 4) is 11.8 Å². The van der Waals surface area contributed by atoms with Crippen molar-refractivity contribution in [1.82, 2.24) is 0 Å². The highest BCUT2D eigenvalue weighted by molar-refractivity contribution is 6.28. The average molecular weight is 685 g/mol. The molecule has 3 aromatic carbocycles. The summed E-state index contributed by atoms with van der Waals surface area (Å²) in [6, 6.07) is 41.7. The first-order valence-corrected chi connectivity index (χ1v) is 16.3. The van der Waals surface area contributed by atoms with Crippen LogP contribution in [0.5, 0.6) is 11.8 Å². The van der Waals surface area contributed by atoms with Crippen molar-refractivity contribution >= 4 is 7.32 Å². The molecule has 0 saturated carbocycles. The van der Waals surface area contributed by atoms with Gasteiger partial charge in [-0.25, -0.2) is 0 Å². The minimum absolute atomic E-state index is 0.159.